The normalized spacial score (nSPS) is 12.4. The first-order valence-corrected chi connectivity index (χ1v) is 7.48. The lowest BCUT2D eigenvalue weighted by molar-refractivity contribution is -0.121. The first-order valence-electron chi connectivity index (χ1n) is 5.87. The molecular weight excluding hydrogens is 316 g/mol. The number of carbonyl (C=O) groups is 1. The van der Waals surface area contributed by atoms with Crippen LogP contribution in [0.15, 0.2) is 15.9 Å². The Labute approximate surface area is 120 Å². The summed E-state index contributed by atoms with van der Waals surface area (Å²) >= 11 is 5.15. The Morgan fingerprint density at radius 2 is 2.28 bits per heavy atom. The number of thiophene rings is 1. The Hall–Kier alpha value is -0.430. The average molecular weight is 335 g/mol. The van der Waals surface area contributed by atoms with E-state index in [-0.39, 0.29) is 11.9 Å². The summed E-state index contributed by atoms with van der Waals surface area (Å²) in [5, 5.41) is 6.12. The Kier molecular flexibility index (Phi) is 7.50. The molecule has 0 spiro atoms. The molecule has 1 atom stereocenters. The van der Waals surface area contributed by atoms with E-state index in [9.17, 15) is 4.79 Å². The fourth-order valence-electron chi connectivity index (χ4n) is 1.44. The molecule has 0 bridgehead atoms. The zero-order valence-corrected chi connectivity index (χ0v) is 13.1. The molecule has 1 heterocycles. The van der Waals surface area contributed by atoms with E-state index in [1.54, 1.807) is 18.4 Å². The molecule has 0 aliphatic carbocycles. The van der Waals surface area contributed by atoms with Gasteiger partial charge in [0.15, 0.2) is 0 Å². The number of amides is 1. The van der Waals surface area contributed by atoms with Crippen LogP contribution < -0.4 is 10.6 Å². The zero-order valence-electron chi connectivity index (χ0n) is 10.7. The molecule has 1 amide bonds. The van der Waals surface area contributed by atoms with Gasteiger partial charge in [0, 0.05) is 37.5 Å². The minimum absolute atomic E-state index is 0.0547. The highest BCUT2D eigenvalue weighted by Crippen LogP contribution is 2.26. The molecule has 1 unspecified atom stereocenters. The van der Waals surface area contributed by atoms with Gasteiger partial charge in [-0.05, 0) is 35.0 Å². The van der Waals surface area contributed by atoms with E-state index in [1.807, 2.05) is 6.07 Å². The number of methoxy groups -OCH3 is 1. The second-order valence-electron chi connectivity index (χ2n) is 3.91. The van der Waals surface area contributed by atoms with Crippen LogP contribution in [0.1, 0.15) is 24.3 Å². The second-order valence-corrected chi connectivity index (χ2v) is 6.41. The summed E-state index contributed by atoms with van der Waals surface area (Å²) in [4.78, 5) is 12.7. The van der Waals surface area contributed by atoms with Crippen LogP contribution in [0, 0.1) is 0 Å². The van der Waals surface area contributed by atoms with E-state index in [0.717, 1.165) is 3.79 Å². The standard InChI is InChI=1S/C12H19BrN2O2S/c1-9(10-3-4-11(13)18-10)14-6-5-12(16)15-7-8-17-2/h3-4,9,14H,5-8H2,1-2H3,(H,15,16). The van der Waals surface area contributed by atoms with Crippen molar-refractivity contribution in [3.8, 4) is 0 Å². The maximum atomic E-state index is 11.4. The van der Waals surface area contributed by atoms with Gasteiger partial charge in [0.05, 0.1) is 10.4 Å². The molecule has 0 saturated carbocycles. The molecule has 0 radical (unpaired) electrons. The maximum absolute atomic E-state index is 11.4. The molecule has 1 aromatic rings. The number of hydrogen-bond donors (Lipinski definition) is 2. The van der Waals surface area contributed by atoms with Gasteiger partial charge in [-0.15, -0.1) is 11.3 Å². The molecule has 0 aliphatic heterocycles. The Morgan fingerprint density at radius 3 is 2.89 bits per heavy atom. The zero-order chi connectivity index (χ0) is 13.4. The largest absolute Gasteiger partial charge is 0.383 e. The summed E-state index contributed by atoms with van der Waals surface area (Å²) in [5.41, 5.74) is 0. The number of halogens is 1. The molecule has 0 saturated heterocycles. The minimum atomic E-state index is 0.0547. The SMILES string of the molecule is COCCNC(=O)CCNC(C)c1ccc(Br)s1. The highest BCUT2D eigenvalue weighted by atomic mass is 79.9. The van der Waals surface area contributed by atoms with E-state index in [0.29, 0.717) is 26.1 Å². The summed E-state index contributed by atoms with van der Waals surface area (Å²) in [6.45, 7) is 3.90. The van der Waals surface area contributed by atoms with Crippen LogP contribution in [0.3, 0.4) is 0 Å². The summed E-state index contributed by atoms with van der Waals surface area (Å²) in [7, 11) is 1.62. The third-order valence-corrected chi connectivity index (χ3v) is 4.26. The lowest BCUT2D eigenvalue weighted by Crippen LogP contribution is -2.30. The van der Waals surface area contributed by atoms with E-state index in [2.05, 4.69) is 39.6 Å². The van der Waals surface area contributed by atoms with E-state index >= 15 is 0 Å². The topological polar surface area (TPSA) is 50.4 Å². The predicted molar refractivity (Wildman–Crippen MR) is 77.9 cm³/mol. The molecule has 6 heteroatoms. The molecule has 18 heavy (non-hydrogen) atoms. The number of ether oxygens (including phenoxy) is 1. The third kappa shape index (κ3) is 5.95. The van der Waals surface area contributed by atoms with Gasteiger partial charge in [-0.3, -0.25) is 4.79 Å². The minimum Gasteiger partial charge on any atom is -0.383 e. The van der Waals surface area contributed by atoms with Crippen molar-refractivity contribution >= 4 is 33.2 Å². The molecule has 0 fully saturated rings. The van der Waals surface area contributed by atoms with Gasteiger partial charge in [0.1, 0.15) is 0 Å². The van der Waals surface area contributed by atoms with Crippen LogP contribution in [0.4, 0.5) is 0 Å². The van der Waals surface area contributed by atoms with Crippen molar-refractivity contribution in [1.29, 1.82) is 0 Å². The summed E-state index contributed by atoms with van der Waals surface area (Å²) in [6.07, 6.45) is 0.487. The van der Waals surface area contributed by atoms with Crippen molar-refractivity contribution in [2.75, 3.05) is 26.8 Å². The van der Waals surface area contributed by atoms with Crippen LogP contribution in [0.25, 0.3) is 0 Å². The van der Waals surface area contributed by atoms with E-state index in [1.165, 1.54) is 4.88 Å². The Bertz CT molecular complexity index is 371. The van der Waals surface area contributed by atoms with Gasteiger partial charge in [0.2, 0.25) is 5.91 Å². The number of hydrogen-bond acceptors (Lipinski definition) is 4. The Morgan fingerprint density at radius 1 is 1.50 bits per heavy atom. The fraction of sp³-hybridized carbons (Fsp3) is 0.583. The van der Waals surface area contributed by atoms with Crippen molar-refractivity contribution in [3.63, 3.8) is 0 Å². The molecule has 102 valence electrons. The van der Waals surface area contributed by atoms with Crippen LogP contribution in [0.2, 0.25) is 0 Å². The predicted octanol–water partition coefficient (Wildman–Crippen LogP) is 2.31. The first-order chi connectivity index (χ1) is 8.63. The summed E-state index contributed by atoms with van der Waals surface area (Å²) in [6, 6.07) is 4.40. The summed E-state index contributed by atoms with van der Waals surface area (Å²) < 4.78 is 5.99. The van der Waals surface area contributed by atoms with Crippen LogP contribution >= 0.6 is 27.3 Å². The smallest absolute Gasteiger partial charge is 0.221 e. The second kappa shape index (κ2) is 8.63. The number of carbonyl (C=O) groups excluding carboxylic acids is 1. The molecule has 1 aromatic heterocycles. The molecule has 4 nitrogen and oxygen atoms in total. The van der Waals surface area contributed by atoms with Crippen molar-refractivity contribution in [3.05, 3.63) is 20.8 Å². The summed E-state index contributed by atoms with van der Waals surface area (Å²) in [5.74, 6) is 0.0547. The fourth-order valence-corrected chi connectivity index (χ4v) is 2.90. The van der Waals surface area contributed by atoms with Gasteiger partial charge in [0.25, 0.3) is 0 Å². The van der Waals surface area contributed by atoms with Crippen molar-refractivity contribution in [2.24, 2.45) is 0 Å². The van der Waals surface area contributed by atoms with Gasteiger partial charge in [-0.2, -0.15) is 0 Å². The quantitative estimate of drug-likeness (QED) is 0.717. The lowest BCUT2D eigenvalue weighted by Gasteiger charge is -2.11. The molecular formula is C12H19BrN2O2S. The molecule has 0 aliphatic rings. The van der Waals surface area contributed by atoms with E-state index in [4.69, 9.17) is 4.74 Å². The highest BCUT2D eigenvalue weighted by molar-refractivity contribution is 9.11. The van der Waals surface area contributed by atoms with Crippen LogP contribution in [0.5, 0.6) is 0 Å². The van der Waals surface area contributed by atoms with Gasteiger partial charge in [-0.25, -0.2) is 0 Å². The molecule has 0 aromatic carbocycles. The van der Waals surface area contributed by atoms with Gasteiger partial charge >= 0.3 is 0 Å². The molecule has 2 N–H and O–H groups in total. The first kappa shape index (κ1) is 15.6. The average Bonchev–Trinajstić information content (AvgIpc) is 2.76. The van der Waals surface area contributed by atoms with Crippen LogP contribution in [-0.2, 0) is 9.53 Å². The van der Waals surface area contributed by atoms with Gasteiger partial charge < -0.3 is 15.4 Å². The van der Waals surface area contributed by atoms with Crippen LogP contribution in [-0.4, -0.2) is 32.7 Å². The number of rotatable bonds is 8. The van der Waals surface area contributed by atoms with Crippen molar-refractivity contribution < 1.29 is 9.53 Å². The number of nitrogens with one attached hydrogen (secondary N) is 2. The monoisotopic (exact) mass is 334 g/mol. The van der Waals surface area contributed by atoms with Gasteiger partial charge in [-0.1, -0.05) is 0 Å². The maximum Gasteiger partial charge on any atom is 0.221 e. The highest BCUT2D eigenvalue weighted by Gasteiger charge is 2.08. The van der Waals surface area contributed by atoms with Crippen molar-refractivity contribution in [2.45, 2.75) is 19.4 Å². The third-order valence-electron chi connectivity index (χ3n) is 2.45. The van der Waals surface area contributed by atoms with Crippen molar-refractivity contribution in [1.82, 2.24) is 10.6 Å². The van der Waals surface area contributed by atoms with E-state index < -0.39 is 0 Å². The Balaban J connectivity index is 2.15. The lowest BCUT2D eigenvalue weighted by atomic mass is 10.2. The molecule has 1 rings (SSSR count).